The average molecular weight is 426 g/mol. The van der Waals surface area contributed by atoms with Crippen LogP contribution in [0.5, 0.6) is 5.75 Å². The Morgan fingerprint density at radius 3 is 2.60 bits per heavy atom. The Labute approximate surface area is 161 Å². The molecule has 0 saturated carbocycles. The molecule has 3 rings (SSSR count). The number of rotatable bonds is 6. The summed E-state index contributed by atoms with van der Waals surface area (Å²) in [6.07, 6.45) is -0.587. The van der Waals surface area contributed by atoms with Crippen LogP contribution in [0.3, 0.4) is 0 Å². The minimum atomic E-state index is -0.587. The summed E-state index contributed by atoms with van der Waals surface area (Å²) in [6.45, 7) is 4.87. The maximum Gasteiger partial charge on any atom is 0.125 e. The van der Waals surface area contributed by atoms with E-state index in [4.69, 9.17) is 16.3 Å². The highest BCUT2D eigenvalue weighted by Crippen LogP contribution is 2.30. The summed E-state index contributed by atoms with van der Waals surface area (Å²) in [7, 11) is 0. The van der Waals surface area contributed by atoms with Gasteiger partial charge in [-0.3, -0.25) is 4.90 Å². The second-order valence-corrected chi connectivity index (χ2v) is 7.52. The fraction of sp³-hybridized carbons (Fsp3) is 0.368. The van der Waals surface area contributed by atoms with E-state index in [-0.39, 0.29) is 0 Å². The van der Waals surface area contributed by atoms with Crippen LogP contribution in [0.25, 0.3) is 0 Å². The lowest BCUT2D eigenvalue weighted by Crippen LogP contribution is -2.45. The van der Waals surface area contributed by atoms with Gasteiger partial charge in [-0.15, -0.1) is 0 Å². The van der Waals surface area contributed by atoms with Crippen molar-refractivity contribution in [3.63, 3.8) is 0 Å². The van der Waals surface area contributed by atoms with Crippen molar-refractivity contribution >= 4 is 27.5 Å². The van der Waals surface area contributed by atoms with E-state index >= 15 is 0 Å². The van der Waals surface area contributed by atoms with Gasteiger partial charge in [0.25, 0.3) is 0 Å². The Morgan fingerprint density at radius 1 is 1.16 bits per heavy atom. The van der Waals surface area contributed by atoms with Gasteiger partial charge in [0, 0.05) is 47.8 Å². The predicted octanol–water partition coefficient (Wildman–Crippen LogP) is 3.62. The number of β-amino-alcohol motifs (C(OH)–C–C–N with tert-alkyl or cyclic N) is 1. The molecule has 1 atom stereocenters. The number of nitrogens with one attached hydrogen (secondary N) is 1. The van der Waals surface area contributed by atoms with E-state index in [1.165, 1.54) is 0 Å². The van der Waals surface area contributed by atoms with E-state index in [0.29, 0.717) is 23.9 Å². The molecule has 134 valence electrons. The molecule has 1 saturated heterocycles. The van der Waals surface area contributed by atoms with Gasteiger partial charge >= 0.3 is 0 Å². The molecule has 25 heavy (non-hydrogen) atoms. The van der Waals surface area contributed by atoms with Gasteiger partial charge < -0.3 is 15.2 Å². The average Bonchev–Trinajstić information content (AvgIpc) is 2.63. The van der Waals surface area contributed by atoms with Gasteiger partial charge in [-0.25, -0.2) is 0 Å². The minimum absolute atomic E-state index is 0.437. The third kappa shape index (κ3) is 5.43. The smallest absolute Gasteiger partial charge is 0.125 e. The summed E-state index contributed by atoms with van der Waals surface area (Å²) in [4.78, 5) is 2.27. The van der Waals surface area contributed by atoms with E-state index in [0.717, 1.165) is 41.8 Å². The Kier molecular flexibility index (Phi) is 6.73. The van der Waals surface area contributed by atoms with Crippen molar-refractivity contribution in [1.82, 2.24) is 10.2 Å². The van der Waals surface area contributed by atoms with Crippen LogP contribution in [0.15, 0.2) is 46.9 Å². The molecule has 0 radical (unpaired) electrons. The highest BCUT2D eigenvalue weighted by molar-refractivity contribution is 9.10. The monoisotopic (exact) mass is 424 g/mol. The van der Waals surface area contributed by atoms with Crippen LogP contribution in [0.4, 0.5) is 0 Å². The lowest BCUT2D eigenvalue weighted by molar-refractivity contribution is 0.102. The number of nitrogens with zero attached hydrogens (tertiary/aromatic N) is 1. The molecule has 0 aliphatic carbocycles. The fourth-order valence-electron chi connectivity index (χ4n) is 2.89. The molecule has 2 N–H and O–H groups in total. The zero-order valence-corrected chi connectivity index (χ0v) is 16.3. The largest absolute Gasteiger partial charge is 0.489 e. The van der Waals surface area contributed by atoms with Gasteiger partial charge in [0.15, 0.2) is 0 Å². The van der Waals surface area contributed by atoms with Gasteiger partial charge in [-0.05, 0) is 35.9 Å². The molecule has 0 spiro atoms. The molecule has 1 unspecified atom stereocenters. The first kappa shape index (κ1) is 18.7. The number of benzene rings is 2. The molecule has 0 amide bonds. The summed E-state index contributed by atoms with van der Waals surface area (Å²) >= 11 is 9.41. The Balaban J connectivity index is 1.69. The number of aliphatic hydroxyl groups excluding tert-OH is 1. The van der Waals surface area contributed by atoms with E-state index in [2.05, 4.69) is 26.1 Å². The summed E-state index contributed by atoms with van der Waals surface area (Å²) < 4.78 is 6.90. The maximum absolute atomic E-state index is 10.7. The molecule has 1 aliphatic rings. The zero-order chi connectivity index (χ0) is 17.6. The summed E-state index contributed by atoms with van der Waals surface area (Å²) in [6, 6.07) is 13.3. The fourth-order valence-corrected chi connectivity index (χ4v) is 3.39. The van der Waals surface area contributed by atoms with Crippen molar-refractivity contribution in [2.45, 2.75) is 12.7 Å². The van der Waals surface area contributed by atoms with E-state index in [1.807, 2.05) is 42.5 Å². The molecule has 1 fully saturated rings. The molecule has 0 aromatic heterocycles. The standard InChI is InChI=1S/C19H22BrClN2O2/c20-15-3-6-19(25-13-14-1-4-16(21)5-2-14)17(11-15)18(24)12-23-9-7-22-8-10-23/h1-6,11,18,22,24H,7-10,12-13H2. The quantitative estimate of drug-likeness (QED) is 0.742. The van der Waals surface area contributed by atoms with Gasteiger partial charge in [0.2, 0.25) is 0 Å². The van der Waals surface area contributed by atoms with Crippen LogP contribution in [0, 0.1) is 0 Å². The van der Waals surface area contributed by atoms with Crippen molar-refractivity contribution in [3.05, 3.63) is 63.1 Å². The third-order valence-electron chi connectivity index (χ3n) is 4.28. The first-order valence-corrected chi connectivity index (χ1v) is 9.57. The van der Waals surface area contributed by atoms with E-state index in [1.54, 1.807) is 0 Å². The molecular formula is C19H22BrClN2O2. The first-order chi connectivity index (χ1) is 12.1. The Hall–Kier alpha value is -1.11. The molecule has 1 aliphatic heterocycles. The van der Waals surface area contributed by atoms with Crippen LogP contribution in [-0.2, 0) is 6.61 Å². The van der Waals surface area contributed by atoms with Gasteiger partial charge in [0.1, 0.15) is 12.4 Å². The SMILES string of the molecule is OC(CN1CCNCC1)c1cc(Br)ccc1OCc1ccc(Cl)cc1. The molecule has 2 aromatic carbocycles. The molecule has 1 heterocycles. The van der Waals surface area contributed by atoms with Crippen molar-refractivity contribution in [2.75, 3.05) is 32.7 Å². The third-order valence-corrected chi connectivity index (χ3v) is 5.02. The number of piperazine rings is 1. The van der Waals surface area contributed by atoms with Crippen LogP contribution < -0.4 is 10.1 Å². The number of ether oxygens (including phenoxy) is 1. The maximum atomic E-state index is 10.7. The number of hydrogen-bond acceptors (Lipinski definition) is 4. The van der Waals surface area contributed by atoms with Crippen molar-refractivity contribution in [1.29, 1.82) is 0 Å². The van der Waals surface area contributed by atoms with Crippen molar-refractivity contribution < 1.29 is 9.84 Å². The topological polar surface area (TPSA) is 44.7 Å². The van der Waals surface area contributed by atoms with Crippen LogP contribution in [0.1, 0.15) is 17.2 Å². The predicted molar refractivity (Wildman–Crippen MR) is 104 cm³/mol. The summed E-state index contributed by atoms with van der Waals surface area (Å²) in [5, 5.41) is 14.8. The molecule has 4 nitrogen and oxygen atoms in total. The number of aliphatic hydroxyl groups is 1. The lowest BCUT2D eigenvalue weighted by atomic mass is 10.1. The number of hydrogen-bond donors (Lipinski definition) is 2. The van der Waals surface area contributed by atoms with Crippen molar-refractivity contribution in [2.24, 2.45) is 0 Å². The molecule has 2 aromatic rings. The lowest BCUT2D eigenvalue weighted by Gasteiger charge is -2.29. The molecule has 6 heteroatoms. The first-order valence-electron chi connectivity index (χ1n) is 8.39. The summed E-state index contributed by atoms with van der Waals surface area (Å²) in [5.74, 6) is 0.709. The van der Waals surface area contributed by atoms with Gasteiger partial charge in [0.05, 0.1) is 6.10 Å². The summed E-state index contributed by atoms with van der Waals surface area (Å²) in [5.41, 5.74) is 1.84. The molecule has 0 bridgehead atoms. The van der Waals surface area contributed by atoms with E-state index < -0.39 is 6.10 Å². The van der Waals surface area contributed by atoms with Crippen LogP contribution in [-0.4, -0.2) is 42.7 Å². The highest BCUT2D eigenvalue weighted by atomic mass is 79.9. The Morgan fingerprint density at radius 2 is 1.88 bits per heavy atom. The molecular weight excluding hydrogens is 404 g/mol. The highest BCUT2D eigenvalue weighted by Gasteiger charge is 2.19. The Bertz CT molecular complexity index is 690. The van der Waals surface area contributed by atoms with Crippen LogP contribution >= 0.6 is 27.5 Å². The van der Waals surface area contributed by atoms with Gasteiger partial charge in [-0.1, -0.05) is 39.7 Å². The van der Waals surface area contributed by atoms with E-state index in [9.17, 15) is 5.11 Å². The van der Waals surface area contributed by atoms with Crippen molar-refractivity contribution in [3.8, 4) is 5.75 Å². The minimum Gasteiger partial charge on any atom is -0.489 e. The number of halogens is 2. The van der Waals surface area contributed by atoms with Crippen LogP contribution in [0.2, 0.25) is 5.02 Å². The zero-order valence-electron chi connectivity index (χ0n) is 13.9. The van der Waals surface area contributed by atoms with Gasteiger partial charge in [-0.2, -0.15) is 0 Å². The second kappa shape index (κ2) is 9.01. The second-order valence-electron chi connectivity index (χ2n) is 6.16. The normalized spacial score (nSPS) is 16.6.